The minimum Gasteiger partial charge on any atom is -0.312 e. The normalized spacial score (nSPS) is 21.5. The van der Waals surface area contributed by atoms with Gasteiger partial charge in [-0.3, -0.25) is 0 Å². The summed E-state index contributed by atoms with van der Waals surface area (Å²) < 4.78 is 0. The second kappa shape index (κ2) is 7.49. The average Bonchev–Trinajstić information content (AvgIpc) is 2.34. The van der Waals surface area contributed by atoms with Crippen LogP contribution in [0.1, 0.15) is 65.7 Å². The van der Waals surface area contributed by atoms with Crippen molar-refractivity contribution in [2.45, 2.75) is 77.3 Å². The molecule has 0 aliphatic heterocycles. The van der Waals surface area contributed by atoms with Crippen LogP contribution in [0, 0.1) is 5.92 Å². The van der Waals surface area contributed by atoms with E-state index in [0.717, 1.165) is 12.5 Å². The van der Waals surface area contributed by atoms with Crippen molar-refractivity contribution in [3.63, 3.8) is 0 Å². The van der Waals surface area contributed by atoms with Crippen LogP contribution >= 0.6 is 0 Å². The van der Waals surface area contributed by atoms with Crippen LogP contribution in [0.25, 0.3) is 0 Å². The Kier molecular flexibility index (Phi) is 6.65. The van der Waals surface area contributed by atoms with Crippen LogP contribution in [-0.2, 0) is 0 Å². The van der Waals surface area contributed by atoms with E-state index in [4.69, 9.17) is 0 Å². The van der Waals surface area contributed by atoms with Gasteiger partial charge in [-0.2, -0.15) is 0 Å². The Bertz CT molecular complexity index is 217. The van der Waals surface area contributed by atoms with Gasteiger partial charge in [0.25, 0.3) is 0 Å². The van der Waals surface area contributed by atoms with Crippen LogP contribution in [0.15, 0.2) is 0 Å². The molecule has 1 atom stereocenters. The molecule has 0 radical (unpaired) electrons. The average molecular weight is 254 g/mol. The van der Waals surface area contributed by atoms with Gasteiger partial charge in [-0.15, -0.1) is 0 Å². The fourth-order valence-electron chi connectivity index (χ4n) is 3.58. The minimum atomic E-state index is 0.406. The van der Waals surface area contributed by atoms with E-state index in [1.165, 1.54) is 44.9 Å². The van der Waals surface area contributed by atoms with Crippen molar-refractivity contribution in [1.82, 2.24) is 10.2 Å². The van der Waals surface area contributed by atoms with Crippen LogP contribution in [0.2, 0.25) is 0 Å². The van der Waals surface area contributed by atoms with Crippen molar-refractivity contribution in [3.05, 3.63) is 0 Å². The van der Waals surface area contributed by atoms with E-state index in [1.54, 1.807) is 0 Å². The van der Waals surface area contributed by atoms with Crippen LogP contribution < -0.4 is 5.32 Å². The Balaban J connectivity index is 2.76. The standard InChI is InChI=1S/C16H34N2/c1-6-17-15(11-10-14(2)3)16(18(4)5)12-8-7-9-13-16/h14-15,17H,6-13H2,1-5H3. The van der Waals surface area contributed by atoms with Crippen molar-refractivity contribution in [2.24, 2.45) is 5.92 Å². The van der Waals surface area contributed by atoms with Crippen molar-refractivity contribution >= 4 is 0 Å². The predicted molar refractivity (Wildman–Crippen MR) is 81.0 cm³/mol. The molecule has 1 fully saturated rings. The third-order valence-electron chi connectivity index (χ3n) is 4.74. The van der Waals surface area contributed by atoms with Gasteiger partial charge in [0.05, 0.1) is 0 Å². The van der Waals surface area contributed by atoms with Gasteiger partial charge in [0, 0.05) is 11.6 Å². The molecule has 18 heavy (non-hydrogen) atoms. The third kappa shape index (κ3) is 3.96. The molecule has 1 aliphatic rings. The minimum absolute atomic E-state index is 0.406. The Morgan fingerprint density at radius 1 is 1.06 bits per heavy atom. The molecule has 0 bridgehead atoms. The van der Waals surface area contributed by atoms with Gasteiger partial charge < -0.3 is 10.2 Å². The molecular formula is C16H34N2. The number of rotatable bonds is 7. The maximum Gasteiger partial charge on any atom is 0.0356 e. The summed E-state index contributed by atoms with van der Waals surface area (Å²) in [6.45, 7) is 8.02. The summed E-state index contributed by atoms with van der Waals surface area (Å²) in [5, 5.41) is 3.79. The van der Waals surface area contributed by atoms with Gasteiger partial charge in [-0.1, -0.05) is 40.0 Å². The lowest BCUT2D eigenvalue weighted by molar-refractivity contribution is 0.0520. The molecule has 108 valence electrons. The van der Waals surface area contributed by atoms with Crippen molar-refractivity contribution in [1.29, 1.82) is 0 Å². The first-order chi connectivity index (χ1) is 8.53. The van der Waals surface area contributed by atoms with E-state index in [-0.39, 0.29) is 0 Å². The lowest BCUT2D eigenvalue weighted by atomic mass is 9.73. The number of hydrogen-bond donors (Lipinski definition) is 1. The second-order valence-electron chi connectivity index (χ2n) is 6.64. The highest BCUT2D eigenvalue weighted by Gasteiger charge is 2.40. The molecule has 0 aromatic carbocycles. The smallest absolute Gasteiger partial charge is 0.0356 e. The number of likely N-dealkylation sites (N-methyl/N-ethyl adjacent to an activating group) is 2. The van der Waals surface area contributed by atoms with Crippen LogP contribution in [0.4, 0.5) is 0 Å². The summed E-state index contributed by atoms with van der Waals surface area (Å²) in [6, 6.07) is 0.667. The first-order valence-corrected chi connectivity index (χ1v) is 7.93. The summed E-state index contributed by atoms with van der Waals surface area (Å²) in [5.74, 6) is 0.814. The highest BCUT2D eigenvalue weighted by atomic mass is 15.2. The molecule has 0 saturated heterocycles. The van der Waals surface area contributed by atoms with Crippen LogP contribution in [0.3, 0.4) is 0 Å². The summed E-state index contributed by atoms with van der Waals surface area (Å²) in [7, 11) is 4.57. The van der Waals surface area contributed by atoms with E-state index in [1.807, 2.05) is 0 Å². The van der Waals surface area contributed by atoms with Gasteiger partial charge in [0.2, 0.25) is 0 Å². The first kappa shape index (κ1) is 16.0. The van der Waals surface area contributed by atoms with Crippen molar-refractivity contribution in [3.8, 4) is 0 Å². The molecule has 0 heterocycles. The molecule has 0 aromatic heterocycles. The molecule has 2 nitrogen and oxygen atoms in total. The molecule has 1 unspecified atom stereocenters. The van der Waals surface area contributed by atoms with Gasteiger partial charge >= 0.3 is 0 Å². The Morgan fingerprint density at radius 2 is 1.67 bits per heavy atom. The zero-order valence-corrected chi connectivity index (χ0v) is 13.3. The number of nitrogens with one attached hydrogen (secondary N) is 1. The van der Waals surface area contributed by atoms with E-state index in [2.05, 4.69) is 45.1 Å². The predicted octanol–water partition coefficient (Wildman–Crippen LogP) is 3.67. The van der Waals surface area contributed by atoms with E-state index in [0.29, 0.717) is 11.6 Å². The highest BCUT2D eigenvalue weighted by Crippen LogP contribution is 2.37. The number of nitrogens with zero attached hydrogens (tertiary/aromatic N) is 1. The van der Waals surface area contributed by atoms with E-state index < -0.39 is 0 Å². The monoisotopic (exact) mass is 254 g/mol. The molecule has 0 amide bonds. The molecule has 1 rings (SSSR count). The zero-order valence-electron chi connectivity index (χ0n) is 13.3. The molecule has 2 heteroatoms. The molecule has 1 N–H and O–H groups in total. The quantitative estimate of drug-likeness (QED) is 0.746. The molecule has 1 aliphatic carbocycles. The van der Waals surface area contributed by atoms with Gasteiger partial charge in [0.1, 0.15) is 0 Å². The SMILES string of the molecule is CCNC(CCC(C)C)C1(N(C)C)CCCCC1. The summed E-state index contributed by atoms with van der Waals surface area (Å²) in [6.07, 6.45) is 9.64. The van der Waals surface area contributed by atoms with E-state index in [9.17, 15) is 0 Å². The maximum atomic E-state index is 3.79. The lowest BCUT2D eigenvalue weighted by Gasteiger charge is -2.49. The van der Waals surface area contributed by atoms with Crippen LogP contribution in [0.5, 0.6) is 0 Å². The largest absolute Gasteiger partial charge is 0.312 e. The Labute approximate surface area is 115 Å². The summed E-state index contributed by atoms with van der Waals surface area (Å²) in [4.78, 5) is 2.51. The van der Waals surface area contributed by atoms with E-state index >= 15 is 0 Å². The number of hydrogen-bond acceptors (Lipinski definition) is 2. The highest BCUT2D eigenvalue weighted by molar-refractivity contribution is 5.00. The summed E-state index contributed by atoms with van der Waals surface area (Å²) in [5.41, 5.74) is 0.406. The third-order valence-corrected chi connectivity index (χ3v) is 4.74. The molecule has 0 aromatic rings. The molecular weight excluding hydrogens is 220 g/mol. The first-order valence-electron chi connectivity index (χ1n) is 7.93. The molecule has 1 saturated carbocycles. The van der Waals surface area contributed by atoms with Gasteiger partial charge in [-0.05, 0) is 52.2 Å². The summed E-state index contributed by atoms with van der Waals surface area (Å²) >= 11 is 0. The second-order valence-corrected chi connectivity index (χ2v) is 6.64. The van der Waals surface area contributed by atoms with Crippen LogP contribution in [-0.4, -0.2) is 37.1 Å². The van der Waals surface area contributed by atoms with Crippen molar-refractivity contribution in [2.75, 3.05) is 20.6 Å². The fourth-order valence-corrected chi connectivity index (χ4v) is 3.58. The Hall–Kier alpha value is -0.0800. The zero-order chi connectivity index (χ0) is 13.6. The van der Waals surface area contributed by atoms with Gasteiger partial charge in [-0.25, -0.2) is 0 Å². The molecule has 0 spiro atoms. The Morgan fingerprint density at radius 3 is 2.11 bits per heavy atom. The topological polar surface area (TPSA) is 15.3 Å². The fraction of sp³-hybridized carbons (Fsp3) is 1.00. The van der Waals surface area contributed by atoms with Crippen molar-refractivity contribution < 1.29 is 0 Å². The lowest BCUT2D eigenvalue weighted by Crippen LogP contribution is -2.60. The maximum absolute atomic E-state index is 3.79. The van der Waals surface area contributed by atoms with Gasteiger partial charge in [0.15, 0.2) is 0 Å².